The third-order valence-electron chi connectivity index (χ3n) is 3.25. The number of amides is 1. The van der Waals surface area contributed by atoms with Gasteiger partial charge in [0.1, 0.15) is 0 Å². The van der Waals surface area contributed by atoms with E-state index in [-0.39, 0.29) is 11.9 Å². The van der Waals surface area contributed by atoms with E-state index < -0.39 is 0 Å². The molecule has 94 valence electrons. The Morgan fingerprint density at radius 2 is 2.12 bits per heavy atom. The van der Waals surface area contributed by atoms with Gasteiger partial charge in [-0.15, -0.1) is 0 Å². The van der Waals surface area contributed by atoms with Crippen molar-refractivity contribution in [1.82, 2.24) is 10.2 Å². The topological polar surface area (TPSA) is 58.4 Å². The lowest BCUT2D eigenvalue weighted by Gasteiger charge is -2.25. The first-order chi connectivity index (χ1) is 7.56. The van der Waals surface area contributed by atoms with Crippen molar-refractivity contribution in [2.75, 3.05) is 20.6 Å². The molecule has 3 N–H and O–H groups in total. The summed E-state index contributed by atoms with van der Waals surface area (Å²) in [6.07, 6.45) is 4.30. The zero-order chi connectivity index (χ0) is 12.1. The van der Waals surface area contributed by atoms with Crippen molar-refractivity contribution in [2.45, 2.75) is 44.7 Å². The number of hydrogen-bond donors (Lipinski definition) is 2. The second-order valence-corrected chi connectivity index (χ2v) is 5.01. The predicted octanol–water partition coefficient (Wildman–Crippen LogP) is 0.570. The fourth-order valence-electron chi connectivity index (χ4n) is 2.03. The van der Waals surface area contributed by atoms with Crippen LogP contribution in [-0.4, -0.2) is 43.5 Å². The van der Waals surface area contributed by atoms with Crippen LogP contribution in [0.2, 0.25) is 0 Å². The van der Waals surface area contributed by atoms with Gasteiger partial charge in [0.25, 0.3) is 0 Å². The minimum Gasteiger partial charge on any atom is -0.353 e. The second kappa shape index (κ2) is 6.21. The number of nitrogens with one attached hydrogen (secondary N) is 1. The van der Waals surface area contributed by atoms with E-state index >= 15 is 0 Å². The van der Waals surface area contributed by atoms with E-state index in [0.29, 0.717) is 6.04 Å². The summed E-state index contributed by atoms with van der Waals surface area (Å²) in [6, 6.07) is 0.129. The molecule has 0 radical (unpaired) electrons. The lowest BCUT2D eigenvalue weighted by atomic mass is 10.1. The van der Waals surface area contributed by atoms with Crippen LogP contribution in [0.3, 0.4) is 0 Å². The van der Waals surface area contributed by atoms with E-state index in [4.69, 9.17) is 5.73 Å². The maximum Gasteiger partial charge on any atom is 0.236 e. The summed E-state index contributed by atoms with van der Waals surface area (Å²) in [5, 5.41) is 2.96. The minimum absolute atomic E-state index is 0.00523. The third-order valence-corrected chi connectivity index (χ3v) is 3.25. The van der Waals surface area contributed by atoms with Gasteiger partial charge in [-0.1, -0.05) is 13.3 Å². The van der Waals surface area contributed by atoms with Gasteiger partial charge >= 0.3 is 0 Å². The van der Waals surface area contributed by atoms with Crippen LogP contribution in [0.5, 0.6) is 0 Å². The lowest BCUT2D eigenvalue weighted by Crippen LogP contribution is -2.47. The standard InChI is InChI=1S/C12H25N3O/c1-4-5-10(13)12(16)14-8-11(15(2)3)9-6-7-9/h9-11H,4-8,13H2,1-3H3,(H,14,16). The number of hydrogen-bond acceptors (Lipinski definition) is 3. The number of nitrogens with zero attached hydrogens (tertiary/aromatic N) is 1. The average Bonchev–Trinajstić information content (AvgIpc) is 3.01. The van der Waals surface area contributed by atoms with Crippen molar-refractivity contribution < 1.29 is 4.79 Å². The van der Waals surface area contributed by atoms with Crippen LogP contribution in [0.1, 0.15) is 32.6 Å². The van der Waals surface area contributed by atoms with Crippen LogP contribution < -0.4 is 11.1 Å². The van der Waals surface area contributed by atoms with Crippen LogP contribution in [0, 0.1) is 5.92 Å². The molecule has 0 spiro atoms. The zero-order valence-corrected chi connectivity index (χ0v) is 10.7. The number of likely N-dealkylation sites (N-methyl/N-ethyl adjacent to an activating group) is 1. The highest BCUT2D eigenvalue weighted by molar-refractivity contribution is 5.81. The molecule has 4 heteroatoms. The molecule has 1 rings (SSSR count). The average molecular weight is 227 g/mol. The fraction of sp³-hybridized carbons (Fsp3) is 0.917. The minimum atomic E-state index is -0.341. The summed E-state index contributed by atoms with van der Waals surface area (Å²) in [4.78, 5) is 13.8. The molecule has 0 saturated heterocycles. The summed E-state index contributed by atoms with van der Waals surface area (Å²) in [6.45, 7) is 2.77. The SMILES string of the molecule is CCCC(N)C(=O)NCC(C1CC1)N(C)C. The molecule has 0 aliphatic heterocycles. The van der Waals surface area contributed by atoms with Crippen molar-refractivity contribution in [3.05, 3.63) is 0 Å². The largest absolute Gasteiger partial charge is 0.353 e. The number of rotatable bonds is 7. The molecule has 4 nitrogen and oxygen atoms in total. The number of carbonyl (C=O) groups is 1. The molecule has 0 bridgehead atoms. The molecule has 0 heterocycles. The van der Waals surface area contributed by atoms with E-state index in [1.807, 2.05) is 6.92 Å². The van der Waals surface area contributed by atoms with Crippen molar-refractivity contribution in [3.63, 3.8) is 0 Å². The first-order valence-corrected chi connectivity index (χ1v) is 6.26. The van der Waals surface area contributed by atoms with E-state index in [2.05, 4.69) is 24.3 Å². The van der Waals surface area contributed by atoms with Gasteiger partial charge in [0.2, 0.25) is 5.91 Å². The molecule has 0 aromatic carbocycles. The fourth-order valence-corrected chi connectivity index (χ4v) is 2.03. The Morgan fingerprint density at radius 1 is 1.50 bits per heavy atom. The molecule has 0 aromatic heterocycles. The third kappa shape index (κ3) is 4.10. The Balaban J connectivity index is 2.28. The second-order valence-electron chi connectivity index (χ2n) is 5.01. The Morgan fingerprint density at radius 3 is 2.56 bits per heavy atom. The molecule has 0 aromatic rings. The molecule has 1 aliphatic carbocycles. The summed E-state index contributed by atoms with van der Waals surface area (Å²) in [5.74, 6) is 0.757. The maximum absolute atomic E-state index is 11.6. The molecular weight excluding hydrogens is 202 g/mol. The van der Waals surface area contributed by atoms with Gasteiger partial charge in [0, 0.05) is 12.6 Å². The first-order valence-electron chi connectivity index (χ1n) is 6.26. The summed E-state index contributed by atoms with van der Waals surface area (Å²) in [5.41, 5.74) is 5.76. The van der Waals surface area contributed by atoms with Crippen molar-refractivity contribution in [1.29, 1.82) is 0 Å². The highest BCUT2D eigenvalue weighted by Gasteiger charge is 2.32. The Labute approximate surface area is 98.6 Å². The van der Waals surface area contributed by atoms with Gasteiger partial charge < -0.3 is 16.0 Å². The highest BCUT2D eigenvalue weighted by Crippen LogP contribution is 2.34. The van der Waals surface area contributed by atoms with Gasteiger partial charge in [-0.2, -0.15) is 0 Å². The van der Waals surface area contributed by atoms with E-state index in [0.717, 1.165) is 25.3 Å². The molecule has 2 unspecified atom stereocenters. The Bertz CT molecular complexity index is 224. The van der Waals surface area contributed by atoms with Gasteiger partial charge in [0.05, 0.1) is 6.04 Å². The van der Waals surface area contributed by atoms with Crippen molar-refractivity contribution in [2.24, 2.45) is 11.7 Å². The summed E-state index contributed by atoms with van der Waals surface area (Å²) in [7, 11) is 4.14. The summed E-state index contributed by atoms with van der Waals surface area (Å²) < 4.78 is 0. The van der Waals surface area contributed by atoms with Gasteiger partial charge in [0.15, 0.2) is 0 Å². The zero-order valence-electron chi connectivity index (χ0n) is 10.7. The van der Waals surface area contributed by atoms with E-state index in [1.54, 1.807) is 0 Å². The van der Waals surface area contributed by atoms with E-state index in [9.17, 15) is 4.79 Å². The van der Waals surface area contributed by atoms with Gasteiger partial charge in [-0.25, -0.2) is 0 Å². The van der Waals surface area contributed by atoms with Crippen LogP contribution >= 0.6 is 0 Å². The maximum atomic E-state index is 11.6. The van der Waals surface area contributed by atoms with E-state index in [1.165, 1.54) is 12.8 Å². The molecule has 1 fully saturated rings. The monoisotopic (exact) mass is 227 g/mol. The normalized spacial score (nSPS) is 19.6. The number of nitrogens with two attached hydrogens (primary N) is 1. The van der Waals surface area contributed by atoms with Gasteiger partial charge in [-0.3, -0.25) is 4.79 Å². The summed E-state index contributed by atoms with van der Waals surface area (Å²) >= 11 is 0. The van der Waals surface area contributed by atoms with Crippen LogP contribution in [0.15, 0.2) is 0 Å². The van der Waals surface area contributed by atoms with Crippen molar-refractivity contribution >= 4 is 5.91 Å². The number of carbonyl (C=O) groups excluding carboxylic acids is 1. The molecular formula is C12H25N3O. The molecule has 1 aliphatic rings. The molecule has 1 saturated carbocycles. The lowest BCUT2D eigenvalue weighted by molar-refractivity contribution is -0.122. The van der Waals surface area contributed by atoms with Crippen molar-refractivity contribution in [3.8, 4) is 0 Å². The predicted molar refractivity (Wildman–Crippen MR) is 66.1 cm³/mol. The van der Waals surface area contributed by atoms with Crippen LogP contribution in [0.25, 0.3) is 0 Å². The Hall–Kier alpha value is -0.610. The Kier molecular flexibility index (Phi) is 5.22. The quantitative estimate of drug-likeness (QED) is 0.668. The van der Waals surface area contributed by atoms with Gasteiger partial charge in [-0.05, 0) is 39.3 Å². The van der Waals surface area contributed by atoms with Crippen LogP contribution in [0.4, 0.5) is 0 Å². The molecule has 1 amide bonds. The first kappa shape index (κ1) is 13.5. The van der Waals surface area contributed by atoms with Crippen LogP contribution in [-0.2, 0) is 4.79 Å². The molecule has 2 atom stereocenters. The highest BCUT2D eigenvalue weighted by atomic mass is 16.2. The smallest absolute Gasteiger partial charge is 0.236 e. The molecule has 16 heavy (non-hydrogen) atoms.